The van der Waals surface area contributed by atoms with Crippen LogP contribution in [0, 0.1) is 10.1 Å². The highest BCUT2D eigenvalue weighted by Gasteiger charge is 2.28. The third-order valence-corrected chi connectivity index (χ3v) is 3.10. The topological polar surface area (TPSA) is 89.2 Å². The third kappa shape index (κ3) is 2.97. The van der Waals surface area contributed by atoms with Crippen molar-refractivity contribution in [3.05, 3.63) is 57.6 Å². The lowest BCUT2D eigenvalue weighted by molar-refractivity contribution is -0.385. The number of halogens is 1. The zero-order valence-corrected chi connectivity index (χ0v) is 11.8. The molecule has 2 heterocycles. The van der Waals surface area contributed by atoms with Gasteiger partial charge >= 0.3 is 5.69 Å². The second-order valence-corrected chi connectivity index (χ2v) is 4.37. The second-order valence-electron chi connectivity index (χ2n) is 4.01. The number of amides is 1. The average molecular weight is 307 g/mol. The normalized spacial score (nSPS) is 10.2. The Morgan fingerprint density at radius 2 is 2.00 bits per heavy atom. The fraction of sp³-hybridized carbons (Fsp3) is 0.154. The minimum Gasteiger partial charge on any atom is -0.308 e. The highest BCUT2D eigenvalue weighted by atomic mass is 35.5. The van der Waals surface area contributed by atoms with E-state index in [1.54, 1.807) is 31.5 Å². The van der Waals surface area contributed by atoms with E-state index in [4.69, 9.17) is 11.6 Å². The van der Waals surface area contributed by atoms with Crippen LogP contribution in [0.2, 0.25) is 5.15 Å². The first-order valence-electron chi connectivity index (χ1n) is 6.07. The summed E-state index contributed by atoms with van der Waals surface area (Å²) in [6, 6.07) is 4.59. The molecule has 2 aromatic heterocycles. The fourth-order valence-electron chi connectivity index (χ4n) is 1.89. The number of aromatic nitrogens is 2. The van der Waals surface area contributed by atoms with Crippen molar-refractivity contribution in [2.75, 3.05) is 11.4 Å². The summed E-state index contributed by atoms with van der Waals surface area (Å²) in [5.74, 6) is -0.514. The maximum absolute atomic E-state index is 12.6. The largest absolute Gasteiger partial charge is 0.319 e. The number of anilines is 1. The molecule has 2 rings (SSSR count). The standard InChI is InChI=1S/C13H11ClN4O3/c1-2-17(9-3-6-15-7-4-9)13(19)10-5-8-16-12(14)11(10)18(20)21/h3-8H,2H2,1H3. The van der Waals surface area contributed by atoms with E-state index in [2.05, 4.69) is 9.97 Å². The summed E-state index contributed by atoms with van der Waals surface area (Å²) >= 11 is 5.73. The van der Waals surface area contributed by atoms with Gasteiger partial charge in [0.15, 0.2) is 0 Å². The molecule has 1 amide bonds. The minimum atomic E-state index is -0.705. The van der Waals surface area contributed by atoms with Crippen LogP contribution in [0.4, 0.5) is 11.4 Å². The summed E-state index contributed by atoms with van der Waals surface area (Å²) in [5, 5.41) is 10.8. The predicted octanol–water partition coefficient (Wildman–Crippen LogP) is 2.70. The Balaban J connectivity index is 2.49. The number of nitrogens with zero attached hydrogens (tertiary/aromatic N) is 4. The lowest BCUT2D eigenvalue weighted by Gasteiger charge is -2.20. The SMILES string of the molecule is CCN(C(=O)c1ccnc(Cl)c1[N+](=O)[O-])c1ccncc1. The molecular weight excluding hydrogens is 296 g/mol. The summed E-state index contributed by atoms with van der Waals surface area (Å²) in [4.78, 5) is 31.9. The Morgan fingerprint density at radius 3 is 2.57 bits per heavy atom. The predicted molar refractivity (Wildman–Crippen MR) is 77.5 cm³/mol. The minimum absolute atomic E-state index is 0.0985. The molecule has 0 atom stereocenters. The first kappa shape index (κ1) is 14.9. The third-order valence-electron chi connectivity index (χ3n) is 2.83. The van der Waals surface area contributed by atoms with E-state index in [1.807, 2.05) is 0 Å². The van der Waals surface area contributed by atoms with Crippen molar-refractivity contribution >= 4 is 28.9 Å². The van der Waals surface area contributed by atoms with Gasteiger partial charge in [-0.15, -0.1) is 0 Å². The summed E-state index contributed by atoms with van der Waals surface area (Å²) in [5.41, 5.74) is 0.00932. The van der Waals surface area contributed by atoms with Crippen LogP contribution in [0.1, 0.15) is 17.3 Å². The Bertz CT molecular complexity index is 678. The maximum Gasteiger partial charge on any atom is 0.319 e. The average Bonchev–Trinajstić information content (AvgIpc) is 2.48. The Hall–Kier alpha value is -2.54. The molecule has 0 fully saturated rings. The molecule has 7 nitrogen and oxygen atoms in total. The monoisotopic (exact) mass is 306 g/mol. The van der Waals surface area contributed by atoms with Gasteiger partial charge in [0.2, 0.25) is 5.15 Å². The Kier molecular flexibility index (Phi) is 4.44. The van der Waals surface area contributed by atoms with Crippen LogP contribution < -0.4 is 4.90 Å². The van der Waals surface area contributed by atoms with Crippen LogP contribution in [0.3, 0.4) is 0 Å². The molecule has 2 aromatic rings. The highest BCUT2D eigenvalue weighted by molar-refractivity contribution is 6.32. The van der Waals surface area contributed by atoms with Crippen LogP contribution in [0.25, 0.3) is 0 Å². The summed E-state index contributed by atoms with van der Waals surface area (Å²) in [7, 11) is 0. The van der Waals surface area contributed by atoms with E-state index in [0.717, 1.165) is 0 Å². The van der Waals surface area contributed by atoms with Crippen LogP contribution in [-0.4, -0.2) is 27.3 Å². The van der Waals surface area contributed by atoms with Crippen molar-refractivity contribution in [3.8, 4) is 0 Å². The zero-order chi connectivity index (χ0) is 15.4. The van der Waals surface area contributed by atoms with E-state index in [0.29, 0.717) is 12.2 Å². The number of carbonyl (C=O) groups is 1. The van der Waals surface area contributed by atoms with Crippen LogP contribution in [0.5, 0.6) is 0 Å². The molecule has 0 aliphatic rings. The number of hydrogen-bond acceptors (Lipinski definition) is 5. The Labute approximate surface area is 125 Å². The molecule has 0 saturated carbocycles. The van der Waals surface area contributed by atoms with E-state index in [9.17, 15) is 14.9 Å². The number of nitro groups is 1. The second kappa shape index (κ2) is 6.27. The fourth-order valence-corrected chi connectivity index (χ4v) is 2.11. The van der Waals surface area contributed by atoms with Gasteiger partial charge in [-0.25, -0.2) is 4.98 Å². The number of carbonyl (C=O) groups excluding carboxylic acids is 1. The van der Waals surface area contributed by atoms with E-state index >= 15 is 0 Å². The van der Waals surface area contributed by atoms with Crippen molar-refractivity contribution in [1.82, 2.24) is 9.97 Å². The van der Waals surface area contributed by atoms with E-state index in [1.165, 1.54) is 17.2 Å². The molecule has 0 bridgehead atoms. The number of hydrogen-bond donors (Lipinski definition) is 0. The van der Waals surface area contributed by atoms with Crippen molar-refractivity contribution in [3.63, 3.8) is 0 Å². The maximum atomic E-state index is 12.6. The molecule has 21 heavy (non-hydrogen) atoms. The van der Waals surface area contributed by atoms with Crippen molar-refractivity contribution in [1.29, 1.82) is 0 Å². The zero-order valence-electron chi connectivity index (χ0n) is 11.1. The van der Waals surface area contributed by atoms with E-state index < -0.39 is 16.5 Å². The van der Waals surface area contributed by atoms with Crippen molar-refractivity contribution < 1.29 is 9.72 Å². The molecule has 0 aliphatic carbocycles. The molecule has 108 valence electrons. The van der Waals surface area contributed by atoms with Gasteiger partial charge in [-0.3, -0.25) is 19.9 Å². The lowest BCUT2D eigenvalue weighted by Crippen LogP contribution is -2.31. The van der Waals surface area contributed by atoms with Gasteiger partial charge in [0.25, 0.3) is 5.91 Å². The number of pyridine rings is 2. The summed E-state index contributed by atoms with van der Waals surface area (Å²) in [6.45, 7) is 2.12. The van der Waals surface area contributed by atoms with Crippen LogP contribution >= 0.6 is 11.6 Å². The number of rotatable bonds is 4. The van der Waals surface area contributed by atoms with Gasteiger partial charge in [0, 0.05) is 30.8 Å². The quantitative estimate of drug-likeness (QED) is 0.492. The molecule has 0 spiro atoms. The van der Waals surface area contributed by atoms with Gasteiger partial charge in [-0.05, 0) is 25.1 Å². The van der Waals surface area contributed by atoms with Crippen LogP contribution in [-0.2, 0) is 0 Å². The molecule has 0 unspecified atom stereocenters. The lowest BCUT2D eigenvalue weighted by atomic mass is 10.2. The molecule has 8 heteroatoms. The first-order chi connectivity index (χ1) is 10.1. The highest BCUT2D eigenvalue weighted by Crippen LogP contribution is 2.28. The van der Waals surface area contributed by atoms with Gasteiger partial charge in [0.05, 0.1) is 4.92 Å². The molecule has 0 saturated heterocycles. The molecule has 0 aromatic carbocycles. The van der Waals surface area contributed by atoms with Gasteiger partial charge in [-0.1, -0.05) is 11.6 Å². The van der Waals surface area contributed by atoms with Gasteiger partial charge < -0.3 is 4.90 Å². The van der Waals surface area contributed by atoms with E-state index in [-0.39, 0.29) is 10.7 Å². The van der Waals surface area contributed by atoms with Gasteiger partial charge in [-0.2, -0.15) is 0 Å². The molecule has 0 radical (unpaired) electrons. The summed E-state index contributed by atoms with van der Waals surface area (Å²) < 4.78 is 0. The van der Waals surface area contributed by atoms with Crippen molar-refractivity contribution in [2.24, 2.45) is 0 Å². The Morgan fingerprint density at radius 1 is 1.33 bits per heavy atom. The molecular formula is C13H11ClN4O3. The smallest absolute Gasteiger partial charge is 0.308 e. The summed E-state index contributed by atoms with van der Waals surface area (Å²) in [6.07, 6.45) is 4.35. The van der Waals surface area contributed by atoms with Crippen LogP contribution in [0.15, 0.2) is 36.8 Å². The molecule has 0 aliphatic heterocycles. The first-order valence-corrected chi connectivity index (χ1v) is 6.44. The van der Waals surface area contributed by atoms with Gasteiger partial charge in [0.1, 0.15) is 5.56 Å². The van der Waals surface area contributed by atoms with Crippen molar-refractivity contribution in [2.45, 2.75) is 6.92 Å². The molecule has 0 N–H and O–H groups in total.